The van der Waals surface area contributed by atoms with Crippen molar-refractivity contribution < 1.29 is 13.2 Å². The first-order valence-corrected chi connectivity index (χ1v) is 6.38. The van der Waals surface area contributed by atoms with Crippen LogP contribution in [0.25, 0.3) is 0 Å². The molecule has 0 saturated carbocycles. The van der Waals surface area contributed by atoms with Crippen molar-refractivity contribution in [3.05, 3.63) is 0 Å². The average Bonchev–Trinajstić information content (AvgIpc) is 2.12. The molecule has 1 atom stereocenters. The Hall–Kier alpha value is -0.210. The van der Waals surface area contributed by atoms with Gasteiger partial charge in [-0.05, 0) is 18.3 Å². The van der Waals surface area contributed by atoms with Crippen molar-refractivity contribution in [2.45, 2.75) is 71.9 Å². The van der Waals surface area contributed by atoms with Crippen molar-refractivity contribution in [2.24, 2.45) is 11.8 Å². The van der Waals surface area contributed by atoms with Crippen LogP contribution >= 0.6 is 0 Å². The predicted molar refractivity (Wildman–Crippen MR) is 62.4 cm³/mol. The van der Waals surface area contributed by atoms with Gasteiger partial charge in [0.1, 0.15) is 0 Å². The number of alkyl halides is 3. The summed E-state index contributed by atoms with van der Waals surface area (Å²) in [6.45, 7) is 6.33. The van der Waals surface area contributed by atoms with E-state index in [0.717, 1.165) is 25.2 Å². The molecule has 3 heteroatoms. The van der Waals surface area contributed by atoms with E-state index in [1.807, 2.05) is 6.92 Å². The summed E-state index contributed by atoms with van der Waals surface area (Å²) in [4.78, 5) is 0. The van der Waals surface area contributed by atoms with Gasteiger partial charge in [0, 0.05) is 6.42 Å². The van der Waals surface area contributed by atoms with E-state index in [-0.39, 0.29) is 12.3 Å². The summed E-state index contributed by atoms with van der Waals surface area (Å²) < 4.78 is 35.8. The molecule has 0 aliphatic rings. The molecule has 0 fully saturated rings. The monoisotopic (exact) mass is 238 g/mol. The zero-order valence-corrected chi connectivity index (χ0v) is 10.7. The largest absolute Gasteiger partial charge is 0.389 e. The average molecular weight is 238 g/mol. The van der Waals surface area contributed by atoms with E-state index in [1.54, 1.807) is 0 Å². The van der Waals surface area contributed by atoms with Crippen LogP contribution < -0.4 is 0 Å². The van der Waals surface area contributed by atoms with Gasteiger partial charge in [-0.3, -0.25) is 0 Å². The highest BCUT2D eigenvalue weighted by Gasteiger charge is 2.27. The van der Waals surface area contributed by atoms with Crippen LogP contribution in [0.15, 0.2) is 0 Å². The number of unbranched alkanes of at least 4 members (excludes halogenated alkanes) is 2. The molecule has 0 aromatic heterocycles. The predicted octanol–water partition coefficient (Wildman–Crippen LogP) is 5.57. The smallest absolute Gasteiger partial charge is 0.171 e. The molecular weight excluding hydrogens is 213 g/mol. The topological polar surface area (TPSA) is 0 Å². The molecule has 0 N–H and O–H groups in total. The fourth-order valence-electron chi connectivity index (χ4n) is 1.78. The third kappa shape index (κ3) is 11.9. The Morgan fingerprint density at radius 3 is 1.88 bits per heavy atom. The van der Waals surface area contributed by atoms with Crippen molar-refractivity contribution in [2.75, 3.05) is 0 Å². The molecule has 0 spiro atoms. The Morgan fingerprint density at radius 1 is 0.812 bits per heavy atom. The molecule has 16 heavy (non-hydrogen) atoms. The normalized spacial score (nSPS) is 14.4. The van der Waals surface area contributed by atoms with E-state index in [0.29, 0.717) is 0 Å². The Kier molecular flexibility index (Phi) is 7.86. The van der Waals surface area contributed by atoms with Crippen molar-refractivity contribution >= 4 is 0 Å². The van der Waals surface area contributed by atoms with Gasteiger partial charge in [-0.1, -0.05) is 52.9 Å². The fraction of sp³-hybridized carbons (Fsp3) is 1.00. The standard InChI is InChI=1S/C13H25F3/c1-11(2)7-5-4-6-8-12(3)9-10-13(14,15)16/h11-12H,4-10H2,1-3H3. The Balaban J connectivity index is 3.34. The molecule has 0 saturated heterocycles. The van der Waals surface area contributed by atoms with Crippen LogP contribution in [0.3, 0.4) is 0 Å². The summed E-state index contributed by atoms with van der Waals surface area (Å²) in [6.07, 6.45) is 1.30. The molecule has 1 unspecified atom stereocenters. The second-order valence-electron chi connectivity index (χ2n) is 5.29. The van der Waals surface area contributed by atoms with Crippen LogP contribution in [-0.4, -0.2) is 6.18 Å². The highest BCUT2D eigenvalue weighted by molar-refractivity contribution is 4.59. The minimum atomic E-state index is -3.98. The van der Waals surface area contributed by atoms with E-state index in [4.69, 9.17) is 0 Å². The second-order valence-corrected chi connectivity index (χ2v) is 5.29. The van der Waals surface area contributed by atoms with Gasteiger partial charge in [-0.2, -0.15) is 13.2 Å². The Labute approximate surface area is 97.6 Å². The summed E-state index contributed by atoms with van der Waals surface area (Å²) in [5.41, 5.74) is 0. The van der Waals surface area contributed by atoms with Crippen LogP contribution in [0.4, 0.5) is 13.2 Å². The molecule has 0 amide bonds. The van der Waals surface area contributed by atoms with Gasteiger partial charge < -0.3 is 0 Å². The summed E-state index contributed by atoms with van der Waals surface area (Å²) >= 11 is 0. The van der Waals surface area contributed by atoms with Gasteiger partial charge in [0.2, 0.25) is 0 Å². The first-order valence-electron chi connectivity index (χ1n) is 6.38. The zero-order chi connectivity index (χ0) is 12.6. The molecule has 0 aromatic carbocycles. The van der Waals surface area contributed by atoms with Crippen molar-refractivity contribution in [3.8, 4) is 0 Å². The van der Waals surface area contributed by atoms with Crippen molar-refractivity contribution in [1.29, 1.82) is 0 Å². The lowest BCUT2D eigenvalue weighted by Gasteiger charge is -2.13. The molecule has 0 aliphatic carbocycles. The molecule has 98 valence electrons. The van der Waals surface area contributed by atoms with E-state index in [1.165, 1.54) is 12.8 Å². The van der Waals surface area contributed by atoms with Gasteiger partial charge in [-0.25, -0.2) is 0 Å². The maximum absolute atomic E-state index is 11.9. The van der Waals surface area contributed by atoms with E-state index < -0.39 is 12.6 Å². The summed E-state index contributed by atoms with van der Waals surface area (Å²) in [7, 11) is 0. The van der Waals surface area contributed by atoms with E-state index in [9.17, 15) is 13.2 Å². The molecule has 0 heterocycles. The maximum atomic E-state index is 11.9. The van der Waals surface area contributed by atoms with E-state index >= 15 is 0 Å². The van der Waals surface area contributed by atoms with Gasteiger partial charge in [0.15, 0.2) is 0 Å². The minimum absolute atomic E-state index is 0.209. The quantitative estimate of drug-likeness (QED) is 0.485. The zero-order valence-electron chi connectivity index (χ0n) is 10.7. The van der Waals surface area contributed by atoms with Crippen molar-refractivity contribution in [3.63, 3.8) is 0 Å². The molecule has 0 aromatic rings. The van der Waals surface area contributed by atoms with Gasteiger partial charge >= 0.3 is 6.18 Å². The lowest BCUT2D eigenvalue weighted by molar-refractivity contribution is -0.137. The maximum Gasteiger partial charge on any atom is 0.389 e. The van der Waals surface area contributed by atoms with Crippen LogP contribution in [0.5, 0.6) is 0 Å². The van der Waals surface area contributed by atoms with Gasteiger partial charge in [-0.15, -0.1) is 0 Å². The van der Waals surface area contributed by atoms with Crippen LogP contribution in [0.1, 0.15) is 65.7 Å². The minimum Gasteiger partial charge on any atom is -0.171 e. The third-order valence-corrected chi connectivity index (χ3v) is 2.90. The van der Waals surface area contributed by atoms with Crippen molar-refractivity contribution in [1.82, 2.24) is 0 Å². The SMILES string of the molecule is CC(C)CCCCCC(C)CCC(F)(F)F. The Morgan fingerprint density at radius 2 is 1.38 bits per heavy atom. The highest BCUT2D eigenvalue weighted by atomic mass is 19.4. The number of hydrogen-bond donors (Lipinski definition) is 0. The molecule has 0 aliphatic heterocycles. The second kappa shape index (κ2) is 7.97. The molecular formula is C13H25F3. The molecule has 0 rings (SSSR count). The van der Waals surface area contributed by atoms with Gasteiger partial charge in [0.25, 0.3) is 0 Å². The first-order chi connectivity index (χ1) is 7.31. The lowest BCUT2D eigenvalue weighted by Crippen LogP contribution is -2.09. The summed E-state index contributed by atoms with van der Waals surface area (Å²) in [5, 5.41) is 0. The van der Waals surface area contributed by atoms with E-state index in [2.05, 4.69) is 13.8 Å². The molecule has 0 nitrogen and oxygen atoms in total. The summed E-state index contributed by atoms with van der Waals surface area (Å²) in [5.74, 6) is 0.948. The molecule has 0 radical (unpaired) electrons. The number of hydrogen-bond acceptors (Lipinski definition) is 0. The number of rotatable bonds is 8. The van der Waals surface area contributed by atoms with Crippen LogP contribution in [0.2, 0.25) is 0 Å². The molecule has 0 bridgehead atoms. The summed E-state index contributed by atoms with van der Waals surface area (Å²) in [6, 6.07) is 0. The van der Waals surface area contributed by atoms with Crippen LogP contribution in [0, 0.1) is 11.8 Å². The van der Waals surface area contributed by atoms with Gasteiger partial charge in [0.05, 0.1) is 0 Å². The van der Waals surface area contributed by atoms with Crippen LogP contribution in [-0.2, 0) is 0 Å². The highest BCUT2D eigenvalue weighted by Crippen LogP contribution is 2.26. The third-order valence-electron chi connectivity index (χ3n) is 2.90. The fourth-order valence-corrected chi connectivity index (χ4v) is 1.78. The first kappa shape index (κ1) is 15.8. The number of halogens is 3. The Bertz CT molecular complexity index is 161. The lowest BCUT2D eigenvalue weighted by atomic mass is 9.97.